The quantitative estimate of drug-likeness (QED) is 0.514. The van der Waals surface area contributed by atoms with Crippen molar-refractivity contribution < 1.29 is 4.79 Å². The van der Waals surface area contributed by atoms with Gasteiger partial charge in [0.25, 0.3) is 5.91 Å². The van der Waals surface area contributed by atoms with Gasteiger partial charge in [-0.1, -0.05) is 25.5 Å². The van der Waals surface area contributed by atoms with Crippen LogP contribution in [0.2, 0.25) is 0 Å². The van der Waals surface area contributed by atoms with Crippen LogP contribution in [0.1, 0.15) is 48.5 Å². The van der Waals surface area contributed by atoms with Gasteiger partial charge in [-0.25, -0.2) is 0 Å². The Kier molecular flexibility index (Phi) is 8.41. The number of carbonyl (C=O) groups excluding carboxylic acids is 1. The predicted molar refractivity (Wildman–Crippen MR) is 108 cm³/mol. The van der Waals surface area contributed by atoms with Gasteiger partial charge in [-0.15, -0.1) is 0 Å². The van der Waals surface area contributed by atoms with Gasteiger partial charge in [0.05, 0.1) is 0 Å². The summed E-state index contributed by atoms with van der Waals surface area (Å²) in [7, 11) is 3.43. The highest BCUT2D eigenvalue weighted by molar-refractivity contribution is 5.93. The molecule has 1 atom stereocenters. The van der Waals surface area contributed by atoms with Gasteiger partial charge in [0.2, 0.25) is 0 Å². The van der Waals surface area contributed by atoms with Gasteiger partial charge < -0.3 is 16.0 Å². The molecule has 1 aromatic rings. The molecular formula is C20H33N5O. The number of carbonyl (C=O) groups is 1. The third kappa shape index (κ3) is 6.02. The summed E-state index contributed by atoms with van der Waals surface area (Å²) in [4.78, 5) is 18.5. The molecule has 1 unspecified atom stereocenters. The molecule has 1 heterocycles. The summed E-state index contributed by atoms with van der Waals surface area (Å²) in [6, 6.07) is 8.34. The Morgan fingerprint density at radius 2 is 2.00 bits per heavy atom. The van der Waals surface area contributed by atoms with Gasteiger partial charge >= 0.3 is 0 Å². The lowest BCUT2D eigenvalue weighted by Gasteiger charge is -2.35. The van der Waals surface area contributed by atoms with Gasteiger partial charge in [0, 0.05) is 45.3 Å². The summed E-state index contributed by atoms with van der Waals surface area (Å²) in [5, 5.41) is 9.36. The first-order chi connectivity index (χ1) is 12.7. The van der Waals surface area contributed by atoms with E-state index < -0.39 is 0 Å². The zero-order valence-corrected chi connectivity index (χ0v) is 16.3. The highest BCUT2D eigenvalue weighted by atomic mass is 16.1. The Bertz CT molecular complexity index is 584. The molecule has 1 fully saturated rings. The number of benzene rings is 1. The van der Waals surface area contributed by atoms with Crippen LogP contribution in [-0.2, 0) is 6.54 Å². The molecule has 0 aliphatic carbocycles. The minimum absolute atomic E-state index is 0.0647. The molecular weight excluding hydrogens is 326 g/mol. The minimum Gasteiger partial charge on any atom is -0.355 e. The molecule has 0 radical (unpaired) electrons. The lowest BCUT2D eigenvalue weighted by atomic mass is 10.0. The number of guanidine groups is 1. The van der Waals surface area contributed by atoms with E-state index in [4.69, 9.17) is 0 Å². The highest BCUT2D eigenvalue weighted by Crippen LogP contribution is 2.18. The first kappa shape index (κ1) is 20.2. The van der Waals surface area contributed by atoms with Crippen LogP contribution in [0.15, 0.2) is 29.3 Å². The van der Waals surface area contributed by atoms with Crippen LogP contribution in [-0.4, -0.2) is 56.5 Å². The molecule has 1 aliphatic rings. The smallest absolute Gasteiger partial charge is 0.251 e. The van der Waals surface area contributed by atoms with E-state index in [0.717, 1.165) is 30.7 Å². The SMILES string of the molecule is CCC1CCCCN1CCNC(=NC)NCc1ccc(C(=O)NC)cc1. The van der Waals surface area contributed by atoms with E-state index in [2.05, 4.69) is 32.8 Å². The van der Waals surface area contributed by atoms with Crippen LogP contribution < -0.4 is 16.0 Å². The fraction of sp³-hybridized carbons (Fsp3) is 0.600. The average molecular weight is 360 g/mol. The van der Waals surface area contributed by atoms with Crippen LogP contribution in [0.3, 0.4) is 0 Å². The molecule has 3 N–H and O–H groups in total. The molecule has 0 saturated carbocycles. The van der Waals surface area contributed by atoms with E-state index in [1.165, 1.54) is 32.2 Å². The van der Waals surface area contributed by atoms with Crippen molar-refractivity contribution in [2.75, 3.05) is 33.7 Å². The number of hydrogen-bond acceptors (Lipinski definition) is 3. The fourth-order valence-corrected chi connectivity index (χ4v) is 3.46. The van der Waals surface area contributed by atoms with E-state index in [9.17, 15) is 4.79 Å². The minimum atomic E-state index is -0.0647. The molecule has 0 bridgehead atoms. The normalized spacial score (nSPS) is 18.4. The molecule has 1 aromatic carbocycles. The maximum Gasteiger partial charge on any atom is 0.251 e. The van der Waals surface area contributed by atoms with Crippen molar-refractivity contribution in [2.24, 2.45) is 4.99 Å². The first-order valence-corrected chi connectivity index (χ1v) is 9.67. The Balaban J connectivity index is 1.74. The second-order valence-corrected chi connectivity index (χ2v) is 6.72. The topological polar surface area (TPSA) is 68.8 Å². The van der Waals surface area contributed by atoms with Crippen molar-refractivity contribution in [2.45, 2.75) is 45.2 Å². The molecule has 6 heteroatoms. The van der Waals surface area contributed by atoms with Crippen LogP contribution in [0.5, 0.6) is 0 Å². The number of amides is 1. The monoisotopic (exact) mass is 359 g/mol. The Morgan fingerprint density at radius 3 is 2.65 bits per heavy atom. The van der Waals surface area contributed by atoms with Crippen molar-refractivity contribution in [1.82, 2.24) is 20.9 Å². The number of hydrogen-bond donors (Lipinski definition) is 3. The van der Waals surface area contributed by atoms with Gasteiger partial charge in [-0.3, -0.25) is 14.7 Å². The van der Waals surface area contributed by atoms with Gasteiger partial charge in [-0.2, -0.15) is 0 Å². The van der Waals surface area contributed by atoms with Crippen molar-refractivity contribution in [3.63, 3.8) is 0 Å². The summed E-state index contributed by atoms with van der Waals surface area (Å²) in [5.74, 6) is 0.746. The molecule has 1 aliphatic heterocycles. The van der Waals surface area contributed by atoms with E-state index in [1.807, 2.05) is 24.3 Å². The molecule has 26 heavy (non-hydrogen) atoms. The van der Waals surface area contributed by atoms with E-state index in [1.54, 1.807) is 14.1 Å². The lowest BCUT2D eigenvalue weighted by Crippen LogP contribution is -2.45. The molecule has 1 saturated heterocycles. The summed E-state index contributed by atoms with van der Waals surface area (Å²) in [6.07, 6.45) is 5.24. The van der Waals surface area contributed by atoms with Crippen LogP contribution in [0, 0.1) is 0 Å². The molecule has 1 amide bonds. The maximum absolute atomic E-state index is 11.6. The largest absolute Gasteiger partial charge is 0.355 e. The van der Waals surface area contributed by atoms with Crippen LogP contribution in [0.4, 0.5) is 0 Å². The zero-order valence-electron chi connectivity index (χ0n) is 16.3. The first-order valence-electron chi connectivity index (χ1n) is 9.67. The number of aliphatic imine (C=N–C) groups is 1. The number of nitrogens with zero attached hydrogens (tertiary/aromatic N) is 2. The van der Waals surface area contributed by atoms with E-state index in [0.29, 0.717) is 12.1 Å². The lowest BCUT2D eigenvalue weighted by molar-refractivity contribution is 0.0963. The average Bonchev–Trinajstić information content (AvgIpc) is 2.70. The second-order valence-electron chi connectivity index (χ2n) is 6.72. The molecule has 0 aromatic heterocycles. The van der Waals surface area contributed by atoms with Gasteiger partial charge in [0.1, 0.15) is 0 Å². The van der Waals surface area contributed by atoms with Crippen LogP contribution >= 0.6 is 0 Å². The van der Waals surface area contributed by atoms with Gasteiger partial charge in [0.15, 0.2) is 5.96 Å². The summed E-state index contributed by atoms with van der Waals surface area (Å²) >= 11 is 0. The Hall–Kier alpha value is -2.08. The number of rotatable bonds is 7. The van der Waals surface area contributed by atoms with Gasteiger partial charge in [-0.05, 0) is 43.5 Å². The van der Waals surface area contributed by atoms with Crippen molar-refractivity contribution in [3.8, 4) is 0 Å². The predicted octanol–water partition coefficient (Wildman–Crippen LogP) is 1.98. The highest BCUT2D eigenvalue weighted by Gasteiger charge is 2.19. The van der Waals surface area contributed by atoms with E-state index >= 15 is 0 Å². The fourth-order valence-electron chi connectivity index (χ4n) is 3.46. The maximum atomic E-state index is 11.6. The standard InChI is InChI=1S/C20H33N5O/c1-4-18-7-5-6-13-25(18)14-12-23-20(22-3)24-15-16-8-10-17(11-9-16)19(26)21-2/h8-11,18H,4-7,12-15H2,1-3H3,(H,21,26)(H2,22,23,24). The van der Waals surface area contributed by atoms with Crippen molar-refractivity contribution in [1.29, 1.82) is 0 Å². The molecule has 144 valence electrons. The Labute approximate surface area is 157 Å². The zero-order chi connectivity index (χ0) is 18.8. The van der Waals surface area contributed by atoms with Crippen LogP contribution in [0.25, 0.3) is 0 Å². The van der Waals surface area contributed by atoms with Crippen molar-refractivity contribution in [3.05, 3.63) is 35.4 Å². The third-order valence-electron chi connectivity index (χ3n) is 5.04. The van der Waals surface area contributed by atoms with E-state index in [-0.39, 0.29) is 5.91 Å². The van der Waals surface area contributed by atoms with Crippen molar-refractivity contribution >= 4 is 11.9 Å². The molecule has 6 nitrogen and oxygen atoms in total. The second kappa shape index (κ2) is 10.8. The number of piperidine rings is 1. The summed E-state index contributed by atoms with van der Waals surface area (Å²) in [6.45, 7) is 6.12. The third-order valence-corrected chi connectivity index (χ3v) is 5.04. The molecule has 0 spiro atoms. The molecule has 2 rings (SSSR count). The number of nitrogens with one attached hydrogen (secondary N) is 3. The number of likely N-dealkylation sites (tertiary alicyclic amines) is 1. The Morgan fingerprint density at radius 1 is 1.23 bits per heavy atom. The summed E-state index contributed by atoms with van der Waals surface area (Å²) in [5.41, 5.74) is 1.79. The summed E-state index contributed by atoms with van der Waals surface area (Å²) < 4.78 is 0.